The zero-order valence-electron chi connectivity index (χ0n) is 10.9. The Bertz CT molecular complexity index is 325. The summed E-state index contributed by atoms with van der Waals surface area (Å²) >= 11 is 0. The molecule has 1 aromatic rings. The maximum absolute atomic E-state index is 4.45. The van der Waals surface area contributed by atoms with Gasteiger partial charge in [-0.25, -0.2) is 0 Å². The molecule has 1 aliphatic rings. The Morgan fingerprint density at radius 2 is 2.41 bits per heavy atom. The molecule has 0 spiro atoms. The Kier molecular flexibility index (Phi) is 4.51. The van der Waals surface area contributed by atoms with Crippen molar-refractivity contribution in [2.24, 2.45) is 0 Å². The lowest BCUT2D eigenvalue weighted by molar-refractivity contribution is 0.251. The van der Waals surface area contributed by atoms with Crippen LogP contribution in [0.15, 0.2) is 24.4 Å². The molecular formula is C14H23N3. The van der Waals surface area contributed by atoms with Crippen molar-refractivity contribution in [3.8, 4) is 0 Å². The van der Waals surface area contributed by atoms with Crippen molar-refractivity contribution in [3.05, 3.63) is 30.1 Å². The number of likely N-dealkylation sites (tertiary alicyclic amines) is 1. The quantitative estimate of drug-likeness (QED) is 0.845. The molecule has 0 saturated carbocycles. The fourth-order valence-corrected chi connectivity index (χ4v) is 2.46. The van der Waals surface area contributed by atoms with Crippen LogP contribution in [0.3, 0.4) is 0 Å². The van der Waals surface area contributed by atoms with Gasteiger partial charge in [-0.05, 0) is 38.4 Å². The Balaban J connectivity index is 1.88. The number of rotatable bonds is 5. The Hall–Kier alpha value is -0.930. The molecule has 1 aliphatic heterocycles. The predicted molar refractivity (Wildman–Crippen MR) is 70.9 cm³/mol. The minimum Gasteiger partial charge on any atom is -0.313 e. The summed E-state index contributed by atoms with van der Waals surface area (Å²) < 4.78 is 0. The lowest BCUT2D eigenvalue weighted by Crippen LogP contribution is -2.34. The van der Waals surface area contributed by atoms with E-state index in [2.05, 4.69) is 41.2 Å². The molecule has 0 radical (unpaired) electrons. The first-order valence-corrected chi connectivity index (χ1v) is 6.69. The average molecular weight is 233 g/mol. The van der Waals surface area contributed by atoms with Gasteiger partial charge in [0.1, 0.15) is 0 Å². The normalized spacial score (nSPS) is 22.8. The van der Waals surface area contributed by atoms with Gasteiger partial charge in [-0.3, -0.25) is 9.88 Å². The number of hydrogen-bond acceptors (Lipinski definition) is 3. The van der Waals surface area contributed by atoms with Gasteiger partial charge in [0.25, 0.3) is 0 Å². The maximum atomic E-state index is 4.45. The van der Waals surface area contributed by atoms with Gasteiger partial charge in [0, 0.05) is 31.4 Å². The second-order valence-corrected chi connectivity index (χ2v) is 4.87. The van der Waals surface area contributed by atoms with E-state index in [1.165, 1.54) is 25.1 Å². The second kappa shape index (κ2) is 6.12. The van der Waals surface area contributed by atoms with Crippen molar-refractivity contribution >= 4 is 0 Å². The molecule has 3 heteroatoms. The predicted octanol–water partition coefficient (Wildman–Crippen LogP) is 2.22. The van der Waals surface area contributed by atoms with Crippen molar-refractivity contribution in [3.63, 3.8) is 0 Å². The number of hydrogen-bond donors (Lipinski definition) is 1. The summed E-state index contributed by atoms with van der Waals surface area (Å²) in [5.74, 6) is 0. The molecule has 0 aromatic carbocycles. The highest BCUT2D eigenvalue weighted by Crippen LogP contribution is 2.22. The largest absolute Gasteiger partial charge is 0.313 e. The smallest absolute Gasteiger partial charge is 0.0572 e. The molecule has 2 heterocycles. The molecule has 0 aliphatic carbocycles. The number of nitrogens with zero attached hydrogens (tertiary/aromatic N) is 2. The third-order valence-electron chi connectivity index (χ3n) is 3.57. The molecular weight excluding hydrogens is 210 g/mol. The molecule has 2 rings (SSSR count). The van der Waals surface area contributed by atoms with Crippen molar-refractivity contribution in [1.29, 1.82) is 0 Å². The minimum absolute atomic E-state index is 0.435. The monoisotopic (exact) mass is 233 g/mol. The highest BCUT2D eigenvalue weighted by molar-refractivity contribution is 5.08. The van der Waals surface area contributed by atoms with Crippen molar-refractivity contribution < 1.29 is 0 Å². The summed E-state index contributed by atoms with van der Waals surface area (Å²) in [7, 11) is 0. The van der Waals surface area contributed by atoms with Crippen LogP contribution in [0.2, 0.25) is 0 Å². The lowest BCUT2D eigenvalue weighted by atomic mass is 10.2. The molecule has 2 atom stereocenters. The average Bonchev–Trinajstić information content (AvgIpc) is 2.85. The molecule has 0 amide bonds. The third-order valence-corrected chi connectivity index (χ3v) is 3.57. The fourth-order valence-electron chi connectivity index (χ4n) is 2.46. The first kappa shape index (κ1) is 12.5. The minimum atomic E-state index is 0.435. The van der Waals surface area contributed by atoms with E-state index >= 15 is 0 Å². The number of nitrogens with one attached hydrogen (secondary N) is 1. The van der Waals surface area contributed by atoms with E-state index in [4.69, 9.17) is 0 Å². The zero-order chi connectivity index (χ0) is 12.1. The van der Waals surface area contributed by atoms with E-state index in [9.17, 15) is 0 Å². The van der Waals surface area contributed by atoms with Gasteiger partial charge in [0.05, 0.1) is 5.69 Å². The van der Waals surface area contributed by atoms with Gasteiger partial charge in [-0.2, -0.15) is 0 Å². The van der Waals surface area contributed by atoms with Gasteiger partial charge in [-0.15, -0.1) is 0 Å². The van der Waals surface area contributed by atoms with Crippen molar-refractivity contribution in [1.82, 2.24) is 15.2 Å². The first-order chi connectivity index (χ1) is 8.31. The fraction of sp³-hybridized carbons (Fsp3) is 0.643. The van der Waals surface area contributed by atoms with Gasteiger partial charge < -0.3 is 5.32 Å². The van der Waals surface area contributed by atoms with E-state index in [0.29, 0.717) is 12.1 Å². The summed E-state index contributed by atoms with van der Waals surface area (Å²) in [5, 5.41) is 3.61. The second-order valence-electron chi connectivity index (χ2n) is 4.87. The van der Waals surface area contributed by atoms with Crippen LogP contribution >= 0.6 is 0 Å². The molecule has 1 aromatic heterocycles. The van der Waals surface area contributed by atoms with Crippen LogP contribution in [0.4, 0.5) is 0 Å². The van der Waals surface area contributed by atoms with E-state index in [1.54, 1.807) is 0 Å². The molecule has 1 N–H and O–H groups in total. The van der Waals surface area contributed by atoms with Gasteiger partial charge in [0.15, 0.2) is 0 Å². The zero-order valence-corrected chi connectivity index (χ0v) is 10.9. The molecule has 94 valence electrons. The Morgan fingerprint density at radius 1 is 1.53 bits per heavy atom. The number of pyridine rings is 1. The van der Waals surface area contributed by atoms with Crippen LogP contribution in [0.25, 0.3) is 0 Å². The summed E-state index contributed by atoms with van der Waals surface area (Å²) in [6.07, 6.45) is 4.36. The topological polar surface area (TPSA) is 28.2 Å². The van der Waals surface area contributed by atoms with Crippen molar-refractivity contribution in [2.45, 2.75) is 38.8 Å². The van der Waals surface area contributed by atoms with Gasteiger partial charge in [0.2, 0.25) is 0 Å². The highest BCUT2D eigenvalue weighted by Gasteiger charge is 2.26. The molecule has 2 unspecified atom stereocenters. The summed E-state index contributed by atoms with van der Waals surface area (Å²) in [6.45, 7) is 7.94. The van der Waals surface area contributed by atoms with E-state index in [0.717, 1.165) is 13.1 Å². The van der Waals surface area contributed by atoms with Crippen LogP contribution in [0.1, 0.15) is 38.4 Å². The summed E-state index contributed by atoms with van der Waals surface area (Å²) in [6, 6.07) is 7.27. The molecule has 17 heavy (non-hydrogen) atoms. The van der Waals surface area contributed by atoms with Crippen LogP contribution < -0.4 is 5.32 Å². The molecule has 1 saturated heterocycles. The SMILES string of the molecule is CCCNC1CCN(C(C)c2ccccn2)C1. The van der Waals surface area contributed by atoms with E-state index < -0.39 is 0 Å². The molecule has 1 fully saturated rings. The van der Waals surface area contributed by atoms with E-state index in [1.807, 2.05) is 12.3 Å². The van der Waals surface area contributed by atoms with Crippen LogP contribution in [0.5, 0.6) is 0 Å². The first-order valence-electron chi connectivity index (χ1n) is 6.69. The third kappa shape index (κ3) is 3.27. The van der Waals surface area contributed by atoms with Crippen LogP contribution in [0, 0.1) is 0 Å². The Labute approximate surface area is 104 Å². The highest BCUT2D eigenvalue weighted by atomic mass is 15.2. The number of aromatic nitrogens is 1. The van der Waals surface area contributed by atoms with Crippen LogP contribution in [-0.4, -0.2) is 35.6 Å². The maximum Gasteiger partial charge on any atom is 0.0572 e. The standard InChI is InChI=1S/C14H23N3/c1-3-8-15-13-7-10-17(11-13)12(2)14-6-4-5-9-16-14/h4-6,9,12-13,15H,3,7-8,10-11H2,1-2H3. The molecule has 3 nitrogen and oxygen atoms in total. The molecule has 0 bridgehead atoms. The van der Waals surface area contributed by atoms with Crippen LogP contribution in [-0.2, 0) is 0 Å². The summed E-state index contributed by atoms with van der Waals surface area (Å²) in [4.78, 5) is 6.97. The lowest BCUT2D eigenvalue weighted by Gasteiger charge is -2.23. The Morgan fingerprint density at radius 3 is 3.12 bits per heavy atom. The van der Waals surface area contributed by atoms with E-state index in [-0.39, 0.29) is 0 Å². The summed E-state index contributed by atoms with van der Waals surface area (Å²) in [5.41, 5.74) is 1.18. The van der Waals surface area contributed by atoms with Gasteiger partial charge >= 0.3 is 0 Å². The van der Waals surface area contributed by atoms with Crippen molar-refractivity contribution in [2.75, 3.05) is 19.6 Å². The van der Waals surface area contributed by atoms with Gasteiger partial charge in [-0.1, -0.05) is 13.0 Å².